The average Bonchev–Trinajstić information content (AvgIpc) is 2.75. The van der Waals surface area contributed by atoms with Gasteiger partial charge in [-0.2, -0.15) is 0 Å². The van der Waals surface area contributed by atoms with E-state index in [4.69, 9.17) is 5.11 Å². The fraction of sp³-hybridized carbons (Fsp3) is 0.533. The van der Waals surface area contributed by atoms with Gasteiger partial charge in [-0.1, -0.05) is 0 Å². The highest BCUT2D eigenvalue weighted by Crippen LogP contribution is 2.41. The van der Waals surface area contributed by atoms with Gasteiger partial charge in [-0.25, -0.2) is 8.78 Å². The number of nitrogens with zero attached hydrogens (tertiary/aromatic N) is 1. The summed E-state index contributed by atoms with van der Waals surface area (Å²) in [6.45, 7) is 1.40. The Labute approximate surface area is 122 Å². The van der Waals surface area contributed by atoms with Crippen molar-refractivity contribution in [3.05, 3.63) is 29.1 Å². The minimum absolute atomic E-state index is 0.182. The smallest absolute Gasteiger partial charge is 0.241 e. The minimum Gasteiger partial charge on any atom is -0.396 e. The van der Waals surface area contributed by atoms with Gasteiger partial charge in [0.2, 0.25) is 5.91 Å². The predicted molar refractivity (Wildman–Crippen MR) is 76.3 cm³/mol. The minimum atomic E-state index is -1.40. The summed E-state index contributed by atoms with van der Waals surface area (Å²) < 4.78 is 28.2. The third kappa shape index (κ3) is 3.06. The SMILES string of the molecule is C[C@H](C(=O)Nc1cc(F)c2c(c1)C(F)C(CO)C2)N(C)C. The van der Waals surface area contributed by atoms with Crippen LogP contribution in [0.1, 0.15) is 24.2 Å². The number of amides is 1. The van der Waals surface area contributed by atoms with Gasteiger partial charge in [0.05, 0.1) is 6.04 Å². The Morgan fingerprint density at radius 1 is 1.52 bits per heavy atom. The summed E-state index contributed by atoms with van der Waals surface area (Å²) in [5.41, 5.74) is 0.758. The zero-order valence-corrected chi connectivity index (χ0v) is 12.4. The summed E-state index contributed by atoms with van der Waals surface area (Å²) in [6, 6.07) is 2.28. The molecule has 1 amide bonds. The molecule has 0 bridgehead atoms. The molecule has 1 aliphatic carbocycles. The molecule has 1 aromatic rings. The number of carbonyl (C=O) groups is 1. The van der Waals surface area contributed by atoms with Gasteiger partial charge in [0, 0.05) is 18.2 Å². The monoisotopic (exact) mass is 298 g/mol. The Morgan fingerprint density at radius 2 is 2.19 bits per heavy atom. The quantitative estimate of drug-likeness (QED) is 0.892. The summed E-state index contributed by atoms with van der Waals surface area (Å²) in [5, 5.41) is 11.7. The molecule has 0 aliphatic heterocycles. The Kier molecular flexibility index (Phi) is 4.58. The van der Waals surface area contributed by atoms with E-state index < -0.39 is 17.9 Å². The number of nitrogens with one attached hydrogen (secondary N) is 1. The number of aliphatic hydroxyl groups is 1. The molecule has 0 fully saturated rings. The van der Waals surface area contributed by atoms with Crippen molar-refractivity contribution in [2.75, 3.05) is 26.0 Å². The van der Waals surface area contributed by atoms with Crippen LogP contribution >= 0.6 is 0 Å². The van der Waals surface area contributed by atoms with E-state index in [1.807, 2.05) is 0 Å². The molecule has 6 heteroatoms. The second-order valence-corrected chi connectivity index (χ2v) is 5.70. The van der Waals surface area contributed by atoms with E-state index in [2.05, 4.69) is 5.32 Å². The van der Waals surface area contributed by atoms with Crippen LogP contribution < -0.4 is 5.32 Å². The van der Waals surface area contributed by atoms with Crippen LogP contribution in [0.15, 0.2) is 12.1 Å². The summed E-state index contributed by atoms with van der Waals surface area (Å²) in [7, 11) is 3.52. The van der Waals surface area contributed by atoms with Crippen molar-refractivity contribution in [1.82, 2.24) is 4.90 Å². The second kappa shape index (κ2) is 6.07. The first-order valence-corrected chi connectivity index (χ1v) is 6.89. The number of hydrogen-bond donors (Lipinski definition) is 2. The van der Waals surface area contributed by atoms with Crippen LogP contribution in [-0.2, 0) is 11.2 Å². The van der Waals surface area contributed by atoms with Crippen molar-refractivity contribution in [2.45, 2.75) is 25.6 Å². The number of carbonyl (C=O) groups excluding carboxylic acids is 1. The van der Waals surface area contributed by atoms with E-state index in [9.17, 15) is 13.6 Å². The van der Waals surface area contributed by atoms with E-state index in [0.717, 1.165) is 0 Å². The normalized spacial score (nSPS) is 22.2. The van der Waals surface area contributed by atoms with E-state index in [-0.39, 0.29) is 36.2 Å². The first-order valence-electron chi connectivity index (χ1n) is 6.89. The lowest BCUT2D eigenvalue weighted by Gasteiger charge is -2.19. The number of alkyl halides is 1. The molecule has 0 heterocycles. The van der Waals surface area contributed by atoms with Gasteiger partial charge in [-0.3, -0.25) is 9.69 Å². The Bertz CT molecular complexity index is 549. The van der Waals surface area contributed by atoms with Crippen LogP contribution in [0.5, 0.6) is 0 Å². The third-order valence-corrected chi connectivity index (χ3v) is 4.06. The lowest BCUT2D eigenvalue weighted by molar-refractivity contribution is -0.119. The first kappa shape index (κ1) is 15.9. The molecule has 2 rings (SSSR count). The zero-order chi connectivity index (χ0) is 15.7. The molecule has 3 atom stereocenters. The molecule has 2 N–H and O–H groups in total. The maximum atomic E-state index is 14.1. The number of halogens is 2. The highest BCUT2D eigenvalue weighted by Gasteiger charge is 2.34. The summed E-state index contributed by atoms with van der Waals surface area (Å²) >= 11 is 0. The van der Waals surface area contributed by atoms with Crippen LogP contribution in [0, 0.1) is 11.7 Å². The molecule has 1 aliphatic rings. The van der Waals surface area contributed by atoms with Gasteiger partial charge in [0.15, 0.2) is 0 Å². The number of hydrogen-bond acceptors (Lipinski definition) is 3. The van der Waals surface area contributed by atoms with Gasteiger partial charge < -0.3 is 10.4 Å². The molecule has 2 unspecified atom stereocenters. The van der Waals surface area contributed by atoms with Gasteiger partial charge in [0.25, 0.3) is 0 Å². The first-order chi connectivity index (χ1) is 9.85. The molecule has 21 heavy (non-hydrogen) atoms. The van der Waals surface area contributed by atoms with E-state index in [1.54, 1.807) is 25.9 Å². The van der Waals surface area contributed by atoms with E-state index >= 15 is 0 Å². The summed E-state index contributed by atoms with van der Waals surface area (Å²) in [6.07, 6.45) is -1.22. The Balaban J connectivity index is 2.24. The molecular weight excluding hydrogens is 278 g/mol. The Hall–Kier alpha value is -1.53. The number of rotatable bonds is 4. The lowest BCUT2D eigenvalue weighted by Crippen LogP contribution is -2.37. The van der Waals surface area contributed by atoms with Crippen molar-refractivity contribution in [3.8, 4) is 0 Å². The fourth-order valence-electron chi connectivity index (χ4n) is 2.45. The van der Waals surface area contributed by atoms with Crippen molar-refractivity contribution in [1.29, 1.82) is 0 Å². The molecular formula is C15H20F2N2O2. The topological polar surface area (TPSA) is 52.6 Å². The number of likely N-dealkylation sites (N-methyl/N-ethyl adjacent to an activating group) is 1. The van der Waals surface area contributed by atoms with Crippen molar-refractivity contribution in [2.24, 2.45) is 5.92 Å². The third-order valence-electron chi connectivity index (χ3n) is 4.06. The van der Waals surface area contributed by atoms with Crippen molar-refractivity contribution < 1.29 is 18.7 Å². The number of fused-ring (bicyclic) bond motifs is 1. The molecule has 0 aromatic heterocycles. The standard InChI is InChI=1S/C15H20F2N2O2/c1-8(19(2)3)15(21)18-10-5-12-11(13(16)6-10)4-9(7-20)14(12)17/h5-6,8-9,14,20H,4,7H2,1-3H3,(H,18,21)/t8-,9?,14?/m1/s1. The zero-order valence-electron chi connectivity index (χ0n) is 12.4. The maximum Gasteiger partial charge on any atom is 0.241 e. The highest BCUT2D eigenvalue weighted by molar-refractivity contribution is 5.94. The molecule has 0 saturated heterocycles. The number of anilines is 1. The van der Waals surface area contributed by atoms with E-state index in [0.29, 0.717) is 5.56 Å². The molecule has 0 spiro atoms. The van der Waals surface area contributed by atoms with Crippen LogP contribution in [0.25, 0.3) is 0 Å². The lowest BCUT2D eigenvalue weighted by atomic mass is 10.1. The molecule has 0 radical (unpaired) electrons. The Morgan fingerprint density at radius 3 is 2.76 bits per heavy atom. The van der Waals surface area contributed by atoms with Crippen molar-refractivity contribution >= 4 is 11.6 Å². The predicted octanol–water partition coefficient (Wildman–Crippen LogP) is 1.89. The number of aliphatic hydroxyl groups excluding tert-OH is 1. The largest absolute Gasteiger partial charge is 0.396 e. The van der Waals surface area contributed by atoms with Crippen LogP contribution in [-0.4, -0.2) is 42.7 Å². The number of benzene rings is 1. The molecule has 0 saturated carbocycles. The molecule has 1 aromatic carbocycles. The average molecular weight is 298 g/mol. The van der Waals surface area contributed by atoms with Crippen LogP contribution in [0.2, 0.25) is 0 Å². The molecule has 4 nitrogen and oxygen atoms in total. The van der Waals surface area contributed by atoms with Crippen LogP contribution in [0.4, 0.5) is 14.5 Å². The summed E-state index contributed by atoms with van der Waals surface area (Å²) in [4.78, 5) is 13.7. The maximum absolute atomic E-state index is 14.1. The second-order valence-electron chi connectivity index (χ2n) is 5.70. The van der Waals surface area contributed by atoms with Crippen LogP contribution in [0.3, 0.4) is 0 Å². The fourth-order valence-corrected chi connectivity index (χ4v) is 2.45. The van der Waals surface area contributed by atoms with Crippen molar-refractivity contribution in [3.63, 3.8) is 0 Å². The van der Waals surface area contributed by atoms with Gasteiger partial charge in [0.1, 0.15) is 12.0 Å². The van der Waals surface area contributed by atoms with Gasteiger partial charge in [-0.15, -0.1) is 0 Å². The molecule has 116 valence electrons. The van der Waals surface area contributed by atoms with E-state index in [1.165, 1.54) is 12.1 Å². The highest BCUT2D eigenvalue weighted by atomic mass is 19.1. The van der Waals surface area contributed by atoms with Gasteiger partial charge >= 0.3 is 0 Å². The van der Waals surface area contributed by atoms with Gasteiger partial charge in [-0.05, 0) is 50.7 Å². The summed E-state index contributed by atoms with van der Waals surface area (Å²) in [5.74, 6) is -1.44.